The third-order valence-electron chi connectivity index (χ3n) is 6.89. The Bertz CT molecular complexity index is 1500. The van der Waals surface area contributed by atoms with Crippen molar-refractivity contribution in [1.29, 1.82) is 0 Å². The highest BCUT2D eigenvalue weighted by Gasteiger charge is 2.21. The number of aliphatic hydroxyl groups is 1. The van der Waals surface area contributed by atoms with Crippen molar-refractivity contribution in [3.63, 3.8) is 0 Å². The van der Waals surface area contributed by atoms with E-state index in [2.05, 4.69) is 40.3 Å². The topological polar surface area (TPSA) is 95.4 Å². The van der Waals surface area contributed by atoms with Gasteiger partial charge in [-0.2, -0.15) is 0 Å². The molecular weight excluding hydrogens is 472 g/mol. The van der Waals surface area contributed by atoms with Crippen LogP contribution in [0.3, 0.4) is 0 Å². The molecule has 0 saturated carbocycles. The molecule has 1 atom stereocenters. The quantitative estimate of drug-likeness (QED) is 0.382. The molecule has 4 aromatic rings. The van der Waals surface area contributed by atoms with E-state index in [9.17, 15) is 13.5 Å². The van der Waals surface area contributed by atoms with Crippen LogP contribution in [-0.2, 0) is 22.8 Å². The van der Waals surface area contributed by atoms with Crippen LogP contribution in [0.5, 0.6) is 0 Å². The van der Waals surface area contributed by atoms with Gasteiger partial charge in [0.05, 0.1) is 10.6 Å². The average Bonchev–Trinajstić information content (AvgIpc) is 2.87. The summed E-state index contributed by atoms with van der Waals surface area (Å²) in [7, 11) is -3.24. The molecule has 1 unspecified atom stereocenters. The summed E-state index contributed by atoms with van der Waals surface area (Å²) in [6.07, 6.45) is 6.60. The molecule has 0 aliphatic carbocycles. The molecule has 5 rings (SSSR count). The van der Waals surface area contributed by atoms with E-state index in [0.717, 1.165) is 53.6 Å². The van der Waals surface area contributed by atoms with E-state index in [4.69, 9.17) is 4.98 Å². The number of aliphatic hydroxyl groups excluding tert-OH is 1. The van der Waals surface area contributed by atoms with Gasteiger partial charge >= 0.3 is 0 Å². The summed E-state index contributed by atoms with van der Waals surface area (Å²) < 4.78 is 23.5. The zero-order chi connectivity index (χ0) is 25.3. The SMILES string of the molecule is CC(CCO)N1CCc2cc(-c3nccc4cnc(Nc5ccc(S(C)(=O)=O)cc5)cc34)ccc2C1. The maximum absolute atomic E-state index is 11.7. The van der Waals surface area contributed by atoms with Crippen molar-refractivity contribution in [2.24, 2.45) is 0 Å². The van der Waals surface area contributed by atoms with Gasteiger partial charge in [0.15, 0.2) is 9.84 Å². The van der Waals surface area contributed by atoms with Crippen LogP contribution in [0, 0.1) is 0 Å². The number of sulfone groups is 1. The first-order chi connectivity index (χ1) is 17.3. The second-order valence-electron chi connectivity index (χ2n) is 9.44. The molecule has 0 radical (unpaired) electrons. The molecule has 2 aromatic heterocycles. The van der Waals surface area contributed by atoms with Gasteiger partial charge in [0, 0.05) is 66.4 Å². The molecule has 7 nitrogen and oxygen atoms in total. The Labute approximate surface area is 211 Å². The molecular formula is C28H30N4O3S. The number of anilines is 2. The first-order valence-electron chi connectivity index (χ1n) is 12.1. The third-order valence-corrected chi connectivity index (χ3v) is 8.02. The molecule has 0 fully saturated rings. The second-order valence-corrected chi connectivity index (χ2v) is 11.5. The van der Waals surface area contributed by atoms with Crippen molar-refractivity contribution in [1.82, 2.24) is 14.9 Å². The fraction of sp³-hybridized carbons (Fsp3) is 0.286. The number of fused-ring (bicyclic) bond motifs is 2. The normalized spacial score (nSPS) is 15.0. The average molecular weight is 503 g/mol. The van der Waals surface area contributed by atoms with Gasteiger partial charge in [-0.1, -0.05) is 12.1 Å². The smallest absolute Gasteiger partial charge is 0.175 e. The lowest BCUT2D eigenvalue weighted by Crippen LogP contribution is -2.38. The van der Waals surface area contributed by atoms with E-state index in [0.29, 0.717) is 11.9 Å². The van der Waals surface area contributed by atoms with Crippen molar-refractivity contribution in [3.05, 3.63) is 78.1 Å². The highest BCUT2D eigenvalue weighted by Crippen LogP contribution is 2.32. The monoisotopic (exact) mass is 502 g/mol. The lowest BCUT2D eigenvalue weighted by atomic mass is 9.94. The summed E-state index contributed by atoms with van der Waals surface area (Å²) in [5.74, 6) is 0.662. The molecule has 3 heterocycles. The molecule has 36 heavy (non-hydrogen) atoms. The number of hydrogen-bond acceptors (Lipinski definition) is 7. The number of benzene rings is 2. The first kappa shape index (κ1) is 24.4. The number of hydrogen-bond donors (Lipinski definition) is 2. The Kier molecular flexibility index (Phi) is 6.75. The molecule has 2 N–H and O–H groups in total. The number of nitrogens with zero attached hydrogens (tertiary/aromatic N) is 3. The molecule has 1 aliphatic rings. The van der Waals surface area contributed by atoms with Crippen molar-refractivity contribution < 1.29 is 13.5 Å². The second kappa shape index (κ2) is 9.97. The van der Waals surface area contributed by atoms with E-state index in [1.807, 2.05) is 24.5 Å². The molecule has 1 aliphatic heterocycles. The van der Waals surface area contributed by atoms with Crippen molar-refractivity contribution in [2.75, 3.05) is 24.7 Å². The van der Waals surface area contributed by atoms with Crippen LogP contribution in [0.4, 0.5) is 11.5 Å². The number of aromatic nitrogens is 2. The molecule has 0 amide bonds. The molecule has 0 saturated heterocycles. The minimum atomic E-state index is -3.24. The van der Waals surface area contributed by atoms with Gasteiger partial charge in [0.2, 0.25) is 0 Å². The maximum atomic E-state index is 11.7. The summed E-state index contributed by atoms with van der Waals surface area (Å²) >= 11 is 0. The highest BCUT2D eigenvalue weighted by atomic mass is 32.2. The summed E-state index contributed by atoms with van der Waals surface area (Å²) in [5, 5.41) is 14.6. The van der Waals surface area contributed by atoms with Crippen LogP contribution in [0.2, 0.25) is 0 Å². The number of nitrogens with one attached hydrogen (secondary N) is 1. The van der Waals surface area contributed by atoms with Gasteiger partial charge < -0.3 is 10.4 Å². The van der Waals surface area contributed by atoms with Gasteiger partial charge in [-0.15, -0.1) is 0 Å². The van der Waals surface area contributed by atoms with Gasteiger partial charge in [0.25, 0.3) is 0 Å². The van der Waals surface area contributed by atoms with Crippen LogP contribution < -0.4 is 5.32 Å². The van der Waals surface area contributed by atoms with Crippen LogP contribution in [0.15, 0.2) is 71.9 Å². The Morgan fingerprint density at radius 3 is 2.61 bits per heavy atom. The third kappa shape index (κ3) is 5.11. The zero-order valence-corrected chi connectivity index (χ0v) is 21.3. The zero-order valence-electron chi connectivity index (χ0n) is 20.5. The highest BCUT2D eigenvalue weighted by molar-refractivity contribution is 7.90. The molecule has 2 aromatic carbocycles. The first-order valence-corrected chi connectivity index (χ1v) is 14.0. The van der Waals surface area contributed by atoms with Gasteiger partial charge in [-0.25, -0.2) is 13.4 Å². The van der Waals surface area contributed by atoms with E-state index in [1.54, 1.807) is 24.3 Å². The van der Waals surface area contributed by atoms with Crippen LogP contribution in [0.1, 0.15) is 24.5 Å². The summed E-state index contributed by atoms with van der Waals surface area (Å²) in [5.41, 5.74) is 5.41. The Hall–Kier alpha value is -3.33. The van der Waals surface area contributed by atoms with E-state index < -0.39 is 9.84 Å². The lowest BCUT2D eigenvalue weighted by molar-refractivity contribution is 0.154. The minimum absolute atomic E-state index is 0.216. The standard InChI is InChI=1S/C28H30N4O3S/c1-19(11-14-33)32-13-10-20-15-21(3-4-23(20)18-32)28-26-16-27(30-17-22(26)9-12-29-28)31-24-5-7-25(8-6-24)36(2,34)35/h3-9,12,15-17,19,33H,10-11,13-14,18H2,1-2H3,(H,30,31). The Morgan fingerprint density at radius 1 is 1.06 bits per heavy atom. The van der Waals surface area contributed by atoms with E-state index >= 15 is 0 Å². The summed E-state index contributed by atoms with van der Waals surface area (Å²) in [6, 6.07) is 17.5. The van der Waals surface area contributed by atoms with Crippen molar-refractivity contribution in [2.45, 2.75) is 37.2 Å². The predicted molar refractivity (Wildman–Crippen MR) is 143 cm³/mol. The predicted octanol–water partition coefficient (Wildman–Crippen LogP) is 4.57. The molecule has 0 bridgehead atoms. The lowest BCUT2D eigenvalue weighted by Gasteiger charge is -2.33. The van der Waals surface area contributed by atoms with Crippen LogP contribution in [-0.4, -0.2) is 53.8 Å². The Balaban J connectivity index is 1.43. The van der Waals surface area contributed by atoms with Crippen LogP contribution in [0.25, 0.3) is 22.0 Å². The summed E-state index contributed by atoms with van der Waals surface area (Å²) in [4.78, 5) is 12.0. The molecule has 186 valence electrons. The van der Waals surface area contributed by atoms with E-state index in [1.165, 1.54) is 17.4 Å². The molecule has 0 spiro atoms. The number of rotatable bonds is 7. The molecule has 8 heteroatoms. The minimum Gasteiger partial charge on any atom is -0.396 e. The van der Waals surface area contributed by atoms with Gasteiger partial charge in [-0.05, 0) is 73.4 Å². The van der Waals surface area contributed by atoms with Gasteiger partial charge in [0.1, 0.15) is 5.82 Å². The van der Waals surface area contributed by atoms with E-state index in [-0.39, 0.29) is 11.5 Å². The fourth-order valence-electron chi connectivity index (χ4n) is 4.76. The number of pyridine rings is 2. The summed E-state index contributed by atoms with van der Waals surface area (Å²) in [6.45, 7) is 4.27. The Morgan fingerprint density at radius 2 is 1.86 bits per heavy atom. The fourth-order valence-corrected chi connectivity index (χ4v) is 5.40. The van der Waals surface area contributed by atoms with Crippen molar-refractivity contribution >= 4 is 32.1 Å². The van der Waals surface area contributed by atoms with Crippen LogP contribution >= 0.6 is 0 Å². The largest absolute Gasteiger partial charge is 0.396 e. The maximum Gasteiger partial charge on any atom is 0.175 e. The van der Waals surface area contributed by atoms with Gasteiger partial charge in [-0.3, -0.25) is 9.88 Å². The van der Waals surface area contributed by atoms with Crippen molar-refractivity contribution in [3.8, 4) is 11.3 Å².